The molecule has 0 aliphatic heterocycles. The van der Waals surface area contributed by atoms with E-state index in [2.05, 4.69) is 16.0 Å². The molecule has 0 saturated carbocycles. The van der Waals surface area contributed by atoms with E-state index in [9.17, 15) is 9.59 Å². The van der Waals surface area contributed by atoms with E-state index >= 15 is 0 Å². The topological polar surface area (TPSA) is 107 Å². The van der Waals surface area contributed by atoms with Crippen molar-refractivity contribution in [1.29, 1.82) is 0 Å². The van der Waals surface area contributed by atoms with Gasteiger partial charge < -0.3 is 34.9 Å². The van der Waals surface area contributed by atoms with Crippen LogP contribution in [0.15, 0.2) is 12.1 Å². The van der Waals surface area contributed by atoms with Crippen molar-refractivity contribution in [3.63, 3.8) is 0 Å². The molecule has 0 unspecified atom stereocenters. The van der Waals surface area contributed by atoms with Crippen LogP contribution in [-0.4, -0.2) is 53.2 Å². The number of amides is 3. The van der Waals surface area contributed by atoms with Crippen LogP contribution in [-0.2, 0) is 4.74 Å². The van der Waals surface area contributed by atoms with E-state index < -0.39 is 12.1 Å². The van der Waals surface area contributed by atoms with Crippen LogP contribution in [0.2, 0.25) is 0 Å². The predicted octanol–water partition coefficient (Wildman–Crippen LogP) is 1.58. The Labute approximate surface area is 140 Å². The number of anilines is 1. The zero-order valence-electron chi connectivity index (χ0n) is 14.2. The molecule has 0 spiro atoms. The summed E-state index contributed by atoms with van der Waals surface area (Å²) in [5.41, 5.74) is 0.473. The zero-order chi connectivity index (χ0) is 17.9. The number of nitrogens with one attached hydrogen (secondary N) is 3. The number of methoxy groups -OCH3 is 3. The van der Waals surface area contributed by atoms with Crippen molar-refractivity contribution in [3.8, 4) is 17.2 Å². The number of hydrogen-bond donors (Lipinski definition) is 3. The summed E-state index contributed by atoms with van der Waals surface area (Å²) in [7, 11) is 4.47. The fourth-order valence-electron chi connectivity index (χ4n) is 1.85. The normalized spacial score (nSPS) is 9.67. The number of rotatable bonds is 8. The Bertz CT molecular complexity index is 539. The molecule has 134 valence electrons. The van der Waals surface area contributed by atoms with Crippen LogP contribution in [0, 0.1) is 0 Å². The fraction of sp³-hybridized carbons (Fsp3) is 0.467. The third-order valence-electron chi connectivity index (χ3n) is 2.88. The molecule has 0 aliphatic carbocycles. The SMILES string of the molecule is CCOC(=O)NCCNC(=O)Nc1cc(OC)c(OC)c(OC)c1. The summed E-state index contributed by atoms with van der Waals surface area (Å²) in [6.45, 7) is 2.50. The van der Waals surface area contributed by atoms with Crippen molar-refractivity contribution in [2.75, 3.05) is 46.3 Å². The van der Waals surface area contributed by atoms with Crippen molar-refractivity contribution < 1.29 is 28.5 Å². The minimum Gasteiger partial charge on any atom is -0.493 e. The lowest BCUT2D eigenvalue weighted by atomic mass is 10.2. The lowest BCUT2D eigenvalue weighted by Gasteiger charge is -2.15. The lowest BCUT2D eigenvalue weighted by Crippen LogP contribution is -2.37. The summed E-state index contributed by atoms with van der Waals surface area (Å²) in [5, 5.41) is 7.74. The molecule has 0 heterocycles. The number of alkyl carbamates (subject to hydrolysis) is 1. The van der Waals surface area contributed by atoms with E-state index in [1.54, 1.807) is 19.1 Å². The Morgan fingerprint density at radius 2 is 1.54 bits per heavy atom. The molecular formula is C15H23N3O6. The van der Waals surface area contributed by atoms with Crippen molar-refractivity contribution in [2.45, 2.75) is 6.92 Å². The molecule has 24 heavy (non-hydrogen) atoms. The second-order valence-electron chi connectivity index (χ2n) is 4.44. The van der Waals surface area contributed by atoms with Crippen LogP contribution >= 0.6 is 0 Å². The second-order valence-corrected chi connectivity index (χ2v) is 4.44. The van der Waals surface area contributed by atoms with E-state index in [0.29, 0.717) is 29.5 Å². The van der Waals surface area contributed by atoms with Crippen LogP contribution in [0.1, 0.15) is 6.92 Å². The molecule has 1 rings (SSSR count). The Kier molecular flexibility index (Phi) is 8.03. The van der Waals surface area contributed by atoms with Crippen molar-refractivity contribution in [1.82, 2.24) is 10.6 Å². The molecule has 3 N–H and O–H groups in total. The Hall–Kier alpha value is -2.84. The van der Waals surface area contributed by atoms with Gasteiger partial charge in [0.05, 0.1) is 33.6 Å². The van der Waals surface area contributed by atoms with E-state index in [0.717, 1.165) is 0 Å². The molecular weight excluding hydrogens is 318 g/mol. The molecule has 0 radical (unpaired) electrons. The monoisotopic (exact) mass is 341 g/mol. The highest BCUT2D eigenvalue weighted by atomic mass is 16.5. The van der Waals surface area contributed by atoms with Gasteiger partial charge in [0.1, 0.15) is 0 Å². The minimum absolute atomic E-state index is 0.245. The number of benzene rings is 1. The molecule has 1 aromatic rings. The number of carbonyl (C=O) groups excluding carboxylic acids is 2. The molecule has 0 bridgehead atoms. The predicted molar refractivity (Wildman–Crippen MR) is 88.1 cm³/mol. The van der Waals surface area contributed by atoms with Gasteiger partial charge in [0.25, 0.3) is 0 Å². The molecule has 3 amide bonds. The smallest absolute Gasteiger partial charge is 0.407 e. The second kappa shape index (κ2) is 10.0. The first kappa shape index (κ1) is 19.2. The third kappa shape index (κ3) is 5.75. The van der Waals surface area contributed by atoms with Gasteiger partial charge in [-0.05, 0) is 6.92 Å². The van der Waals surface area contributed by atoms with Gasteiger partial charge in [-0.3, -0.25) is 0 Å². The maximum Gasteiger partial charge on any atom is 0.407 e. The summed E-state index contributed by atoms with van der Waals surface area (Å²) in [5.74, 6) is 1.29. The van der Waals surface area contributed by atoms with E-state index in [1.165, 1.54) is 21.3 Å². The molecule has 0 aromatic heterocycles. The van der Waals surface area contributed by atoms with Crippen LogP contribution < -0.4 is 30.2 Å². The van der Waals surface area contributed by atoms with Gasteiger partial charge in [-0.15, -0.1) is 0 Å². The molecule has 1 aromatic carbocycles. The average Bonchev–Trinajstić information content (AvgIpc) is 2.58. The van der Waals surface area contributed by atoms with Gasteiger partial charge in [0, 0.05) is 25.2 Å². The van der Waals surface area contributed by atoms with Crippen LogP contribution in [0.4, 0.5) is 15.3 Å². The third-order valence-corrected chi connectivity index (χ3v) is 2.88. The highest BCUT2D eigenvalue weighted by molar-refractivity contribution is 5.90. The van der Waals surface area contributed by atoms with Crippen molar-refractivity contribution in [2.24, 2.45) is 0 Å². The summed E-state index contributed by atoms with van der Waals surface area (Å²) < 4.78 is 20.3. The summed E-state index contributed by atoms with van der Waals surface area (Å²) in [4.78, 5) is 22.9. The van der Waals surface area contributed by atoms with Gasteiger partial charge >= 0.3 is 12.1 Å². The highest BCUT2D eigenvalue weighted by Gasteiger charge is 2.14. The van der Waals surface area contributed by atoms with E-state index in [4.69, 9.17) is 18.9 Å². The number of hydrogen-bond acceptors (Lipinski definition) is 6. The zero-order valence-corrected chi connectivity index (χ0v) is 14.2. The summed E-state index contributed by atoms with van der Waals surface area (Å²) in [6.07, 6.45) is -0.524. The van der Waals surface area contributed by atoms with Crippen LogP contribution in [0.5, 0.6) is 17.2 Å². The Morgan fingerprint density at radius 3 is 2.04 bits per heavy atom. The highest BCUT2D eigenvalue weighted by Crippen LogP contribution is 2.39. The summed E-state index contributed by atoms with van der Waals surface area (Å²) >= 11 is 0. The Morgan fingerprint density at radius 1 is 0.958 bits per heavy atom. The van der Waals surface area contributed by atoms with Crippen molar-refractivity contribution >= 4 is 17.8 Å². The van der Waals surface area contributed by atoms with Crippen molar-refractivity contribution in [3.05, 3.63) is 12.1 Å². The maximum absolute atomic E-state index is 11.9. The first-order chi connectivity index (χ1) is 11.5. The molecule has 9 heteroatoms. The van der Waals surface area contributed by atoms with E-state index in [-0.39, 0.29) is 13.1 Å². The molecule has 9 nitrogen and oxygen atoms in total. The first-order valence-corrected chi connectivity index (χ1v) is 7.31. The standard InChI is InChI=1S/C15H23N3O6/c1-5-24-15(20)17-7-6-16-14(19)18-10-8-11(21-2)13(23-4)12(9-10)22-3/h8-9H,5-7H2,1-4H3,(H,17,20)(H2,16,18,19). The quantitative estimate of drug-likeness (QED) is 0.620. The van der Waals surface area contributed by atoms with Gasteiger partial charge in [0.15, 0.2) is 11.5 Å². The number of ether oxygens (including phenoxy) is 4. The Balaban J connectivity index is 2.56. The van der Waals surface area contributed by atoms with E-state index in [1.807, 2.05) is 0 Å². The molecule has 0 fully saturated rings. The fourth-order valence-corrected chi connectivity index (χ4v) is 1.85. The van der Waals surface area contributed by atoms with Gasteiger partial charge in [-0.25, -0.2) is 9.59 Å². The minimum atomic E-state index is -0.524. The van der Waals surface area contributed by atoms with Gasteiger partial charge in [-0.1, -0.05) is 0 Å². The maximum atomic E-state index is 11.9. The molecule has 0 aliphatic rings. The van der Waals surface area contributed by atoms with Gasteiger partial charge in [0.2, 0.25) is 5.75 Å². The van der Waals surface area contributed by atoms with Gasteiger partial charge in [-0.2, -0.15) is 0 Å². The van der Waals surface area contributed by atoms with Crippen LogP contribution in [0.3, 0.4) is 0 Å². The summed E-state index contributed by atoms with van der Waals surface area (Å²) in [6, 6.07) is 2.78. The van der Waals surface area contributed by atoms with Crippen LogP contribution in [0.25, 0.3) is 0 Å². The largest absolute Gasteiger partial charge is 0.493 e. The average molecular weight is 341 g/mol. The molecule has 0 atom stereocenters. The number of carbonyl (C=O) groups is 2. The lowest BCUT2D eigenvalue weighted by molar-refractivity contribution is 0.152. The number of urea groups is 1. The molecule has 0 saturated heterocycles. The first-order valence-electron chi connectivity index (χ1n) is 7.31.